The molecule has 274 valence electrons. The Morgan fingerprint density at radius 3 is 2.06 bits per heavy atom. The quantitative estimate of drug-likeness (QED) is 0.106. The van der Waals surface area contributed by atoms with Gasteiger partial charge in [0.15, 0.2) is 18.4 Å². The fraction of sp³-hybridized carbons (Fsp3) is 0.786. The van der Waals surface area contributed by atoms with E-state index in [1.54, 1.807) is 41.5 Å². The largest absolute Gasteiger partial charge is 0.468 e. The minimum absolute atomic E-state index is 0.0264. The van der Waals surface area contributed by atoms with Crippen molar-refractivity contribution in [3.05, 3.63) is 12.0 Å². The van der Waals surface area contributed by atoms with Gasteiger partial charge in [-0.3, -0.25) is 18.7 Å². The average molecular weight is 708 g/mol. The molecule has 0 amide bonds. The first-order chi connectivity index (χ1) is 22.1. The van der Waals surface area contributed by atoms with Crippen molar-refractivity contribution < 1.29 is 57.3 Å². The van der Waals surface area contributed by atoms with Gasteiger partial charge in [-0.1, -0.05) is 0 Å². The standard InChI is InChI=1S/C28H50N7O12P/c1-26(2,3)44-11-15(22(37)42-9)33-48(40,34-16(23(38)43-10)12-45-27(4,5)6)46-13-17-19(36)28(7,39)24(47-17)35-14-30-18-20(35)31-25(29)32-21(18)41-8/h14-17,19,21,24,36,39H,11-13H2,1-10H3,(H3,29,31,32)(H2,33,34,40)/t15?,16?,17-,19?,21?,24?,28+,48?/m1/s1. The van der Waals surface area contributed by atoms with E-state index in [9.17, 15) is 24.4 Å². The summed E-state index contributed by atoms with van der Waals surface area (Å²) in [5.41, 5.74) is 2.95. The second-order valence-corrected chi connectivity index (χ2v) is 15.3. The van der Waals surface area contributed by atoms with Crippen molar-refractivity contribution in [3.63, 3.8) is 0 Å². The second-order valence-electron chi connectivity index (χ2n) is 13.4. The summed E-state index contributed by atoms with van der Waals surface area (Å²) < 4.78 is 54.4. The number of nitrogens with two attached hydrogens (primary N) is 1. The van der Waals surface area contributed by atoms with Crippen LogP contribution in [0.1, 0.15) is 66.6 Å². The highest BCUT2D eigenvalue weighted by Crippen LogP contribution is 2.45. The molecule has 19 nitrogen and oxygen atoms in total. The Labute approximate surface area is 279 Å². The van der Waals surface area contributed by atoms with Gasteiger partial charge in [0.1, 0.15) is 41.4 Å². The lowest BCUT2D eigenvalue weighted by atomic mass is 9.96. The van der Waals surface area contributed by atoms with Crippen molar-refractivity contribution in [1.29, 1.82) is 0 Å². The first-order valence-electron chi connectivity index (χ1n) is 15.1. The topological polar surface area (TPSA) is 249 Å². The lowest BCUT2D eigenvalue weighted by Crippen LogP contribution is -2.49. The number of aliphatic hydroxyl groups excluding tert-OH is 1. The maximum atomic E-state index is 14.5. The van der Waals surface area contributed by atoms with Crippen molar-refractivity contribution in [1.82, 2.24) is 19.7 Å². The minimum Gasteiger partial charge on any atom is -0.468 e. The number of esters is 2. The molecule has 0 aromatic carbocycles. The van der Waals surface area contributed by atoms with Crippen LogP contribution in [0.3, 0.4) is 0 Å². The molecule has 1 fully saturated rings. The molecule has 3 heterocycles. The normalized spacial score (nSPS) is 26.9. The van der Waals surface area contributed by atoms with Crippen LogP contribution in [-0.4, -0.2) is 120 Å². The number of hydrogen-bond acceptors (Lipinski definition) is 16. The Morgan fingerprint density at radius 2 is 1.60 bits per heavy atom. The predicted molar refractivity (Wildman–Crippen MR) is 171 cm³/mol. The number of fused-ring (bicyclic) bond motifs is 1. The lowest BCUT2D eigenvalue weighted by Gasteiger charge is -2.31. The summed E-state index contributed by atoms with van der Waals surface area (Å²) in [4.78, 5) is 34.0. The fourth-order valence-corrected chi connectivity index (χ4v) is 6.47. The van der Waals surface area contributed by atoms with Crippen LogP contribution in [0.2, 0.25) is 0 Å². The van der Waals surface area contributed by atoms with E-state index in [1.165, 1.54) is 24.9 Å². The number of aromatic nitrogens is 2. The molecule has 1 saturated heterocycles. The molecule has 48 heavy (non-hydrogen) atoms. The zero-order valence-corrected chi connectivity index (χ0v) is 29.9. The molecule has 1 aromatic rings. The monoisotopic (exact) mass is 707 g/mol. The predicted octanol–water partition coefficient (Wildman–Crippen LogP) is 0.295. The maximum absolute atomic E-state index is 14.5. The lowest BCUT2D eigenvalue weighted by molar-refractivity contribution is -0.146. The highest BCUT2D eigenvalue weighted by molar-refractivity contribution is 7.54. The molecule has 0 bridgehead atoms. The van der Waals surface area contributed by atoms with Crippen molar-refractivity contribution in [2.45, 2.75) is 102 Å². The molecule has 2 aliphatic rings. The summed E-state index contributed by atoms with van der Waals surface area (Å²) in [6.45, 7) is 10.7. The van der Waals surface area contributed by atoms with Gasteiger partial charge in [0.25, 0.3) is 0 Å². The van der Waals surface area contributed by atoms with Crippen LogP contribution in [0.5, 0.6) is 0 Å². The van der Waals surface area contributed by atoms with Crippen LogP contribution in [0, 0.1) is 0 Å². The number of anilines is 1. The van der Waals surface area contributed by atoms with Crippen molar-refractivity contribution in [2.24, 2.45) is 10.7 Å². The Morgan fingerprint density at radius 1 is 1.08 bits per heavy atom. The number of nitrogens with one attached hydrogen (secondary N) is 3. The fourth-order valence-electron chi connectivity index (χ4n) is 4.71. The smallest absolute Gasteiger partial charge is 0.342 e. The van der Waals surface area contributed by atoms with E-state index >= 15 is 0 Å². The number of guanidine groups is 1. The van der Waals surface area contributed by atoms with Gasteiger partial charge in [0.2, 0.25) is 0 Å². The number of aliphatic hydroxyl groups is 2. The van der Waals surface area contributed by atoms with Crippen LogP contribution < -0.4 is 21.2 Å². The van der Waals surface area contributed by atoms with E-state index in [-0.39, 0.29) is 19.2 Å². The Hall–Kier alpha value is -2.71. The second kappa shape index (κ2) is 15.5. The van der Waals surface area contributed by atoms with E-state index in [2.05, 4.69) is 25.5 Å². The average Bonchev–Trinajstić information content (AvgIpc) is 3.51. The van der Waals surface area contributed by atoms with Gasteiger partial charge in [-0.25, -0.2) is 20.2 Å². The SMILES string of the molecule is COC(=O)C(COC(C)(C)C)NP(=O)(NC(COC(C)(C)C)C(=O)OC)OC[C@H]1OC(n2cnc3c2NC(N)=NC3OC)[C@@](C)(O)C1O. The third-order valence-corrected chi connectivity index (χ3v) is 9.01. The number of nitrogens with zero attached hydrogens (tertiary/aromatic N) is 3. The van der Waals surface area contributed by atoms with Gasteiger partial charge >= 0.3 is 19.6 Å². The third kappa shape index (κ3) is 9.93. The molecule has 7 N–H and O–H groups in total. The van der Waals surface area contributed by atoms with Crippen molar-refractivity contribution in [3.8, 4) is 0 Å². The molecule has 7 atom stereocenters. The summed E-state index contributed by atoms with van der Waals surface area (Å²) in [5, 5.41) is 30.7. The molecule has 0 saturated carbocycles. The van der Waals surface area contributed by atoms with Crippen molar-refractivity contribution in [2.75, 3.05) is 46.5 Å². The first kappa shape index (κ1) is 39.7. The Bertz CT molecular complexity index is 1310. The van der Waals surface area contributed by atoms with E-state index in [0.29, 0.717) is 11.5 Å². The number of carbonyl (C=O) groups is 2. The maximum Gasteiger partial charge on any atom is 0.342 e. The zero-order valence-electron chi connectivity index (χ0n) is 29.0. The molecule has 5 unspecified atom stereocenters. The summed E-state index contributed by atoms with van der Waals surface area (Å²) >= 11 is 0. The molecule has 0 radical (unpaired) electrons. The number of rotatable bonds is 15. The highest BCUT2D eigenvalue weighted by atomic mass is 31.2. The number of methoxy groups -OCH3 is 3. The van der Waals surface area contributed by atoms with Gasteiger partial charge in [0, 0.05) is 7.11 Å². The molecule has 20 heteroatoms. The molecule has 3 rings (SSSR count). The van der Waals surface area contributed by atoms with Crippen molar-refractivity contribution >= 4 is 31.4 Å². The number of aliphatic imine (C=N–C) groups is 1. The molecule has 0 aliphatic carbocycles. The van der Waals surface area contributed by atoms with Gasteiger partial charge in [-0.15, -0.1) is 0 Å². The van der Waals surface area contributed by atoms with Crippen LogP contribution in [0.4, 0.5) is 5.82 Å². The summed E-state index contributed by atoms with van der Waals surface area (Å²) in [7, 11) is -0.771. The van der Waals surface area contributed by atoms with Crippen LogP contribution in [0.25, 0.3) is 0 Å². The molecular formula is C28H50N7O12P. The minimum atomic E-state index is -4.48. The summed E-state index contributed by atoms with van der Waals surface area (Å²) in [6.07, 6.45) is -3.61. The summed E-state index contributed by atoms with van der Waals surface area (Å²) in [6, 6.07) is -2.69. The van der Waals surface area contributed by atoms with E-state index < -0.39 is 79.8 Å². The number of imidazole rings is 1. The van der Waals surface area contributed by atoms with Crippen LogP contribution >= 0.6 is 7.67 Å². The number of ether oxygens (including phenoxy) is 6. The van der Waals surface area contributed by atoms with Gasteiger partial charge in [-0.2, -0.15) is 0 Å². The van der Waals surface area contributed by atoms with Gasteiger partial charge < -0.3 is 54.2 Å². The Balaban J connectivity index is 1.92. The van der Waals surface area contributed by atoms with E-state index in [0.717, 1.165) is 14.2 Å². The molecular weight excluding hydrogens is 657 g/mol. The van der Waals surface area contributed by atoms with Crippen LogP contribution in [0.15, 0.2) is 11.3 Å². The number of carbonyl (C=O) groups excluding carboxylic acids is 2. The highest BCUT2D eigenvalue weighted by Gasteiger charge is 2.54. The number of hydrogen-bond donors (Lipinski definition) is 6. The molecule has 0 spiro atoms. The molecule has 2 aliphatic heterocycles. The summed E-state index contributed by atoms with van der Waals surface area (Å²) in [5.74, 6) is -1.33. The first-order valence-corrected chi connectivity index (χ1v) is 16.8. The van der Waals surface area contributed by atoms with Gasteiger partial charge in [-0.05, 0) is 48.5 Å². The zero-order chi connectivity index (χ0) is 36.2. The van der Waals surface area contributed by atoms with E-state index in [4.69, 9.17) is 38.7 Å². The van der Waals surface area contributed by atoms with Crippen LogP contribution in [-0.2, 0) is 47.1 Å². The Kier molecular flexibility index (Phi) is 12.8. The van der Waals surface area contributed by atoms with Gasteiger partial charge in [0.05, 0.1) is 51.6 Å². The van der Waals surface area contributed by atoms with E-state index in [1.807, 2.05) is 0 Å². The third-order valence-electron chi connectivity index (χ3n) is 7.20. The molecule has 1 aromatic heterocycles.